The summed E-state index contributed by atoms with van der Waals surface area (Å²) >= 11 is 0. The number of halogens is 1. The molecule has 18 heavy (non-hydrogen) atoms. The molecule has 0 atom stereocenters. The minimum absolute atomic E-state index is 0.145. The number of aromatic amines is 1. The van der Waals surface area contributed by atoms with E-state index in [4.69, 9.17) is 10.5 Å². The van der Waals surface area contributed by atoms with Crippen molar-refractivity contribution in [3.8, 4) is 11.5 Å². The van der Waals surface area contributed by atoms with Gasteiger partial charge >= 0.3 is 0 Å². The first kappa shape index (κ1) is 10.5. The van der Waals surface area contributed by atoms with Gasteiger partial charge in [0.05, 0.1) is 11.7 Å². The maximum atomic E-state index is 13.4. The maximum absolute atomic E-state index is 13.4. The monoisotopic (exact) mass is 244 g/mol. The fourth-order valence-electron chi connectivity index (χ4n) is 1.61. The van der Waals surface area contributed by atoms with Crippen molar-refractivity contribution in [2.24, 2.45) is 0 Å². The van der Waals surface area contributed by atoms with Crippen LogP contribution >= 0.6 is 0 Å². The number of nitrogens with one attached hydrogen (secondary N) is 1. The molecule has 90 valence electrons. The number of anilines is 1. The fraction of sp³-hybridized carbons (Fsp3) is 0. The smallest absolute Gasteiger partial charge is 0.200 e. The topological polar surface area (TPSA) is 76.8 Å². The highest BCUT2D eigenvalue weighted by molar-refractivity contribution is 5.74. The molecule has 2 aromatic heterocycles. The standard InChI is InChI=1S/C12H9FN4O/c13-8-3-1-2-4-10(8)18-7-5-9-11(15-6-7)17-12(14)16-9/h1-6H,(H3,14,15,16,17). The van der Waals surface area contributed by atoms with Gasteiger partial charge in [-0.25, -0.2) is 9.37 Å². The van der Waals surface area contributed by atoms with Crippen LogP contribution in [0.15, 0.2) is 36.5 Å². The Labute approximate surface area is 101 Å². The molecule has 0 saturated heterocycles. The molecule has 0 fully saturated rings. The molecule has 3 rings (SSSR count). The van der Waals surface area contributed by atoms with Crippen LogP contribution in [0.4, 0.5) is 10.3 Å². The number of ether oxygens (including phenoxy) is 1. The summed E-state index contributed by atoms with van der Waals surface area (Å²) in [5, 5.41) is 0. The van der Waals surface area contributed by atoms with Crippen LogP contribution in [0, 0.1) is 5.82 Å². The molecule has 0 saturated carbocycles. The number of aromatic nitrogens is 3. The van der Waals surface area contributed by atoms with E-state index in [9.17, 15) is 4.39 Å². The van der Waals surface area contributed by atoms with Crippen molar-refractivity contribution in [2.75, 3.05) is 5.73 Å². The Morgan fingerprint density at radius 2 is 2.11 bits per heavy atom. The summed E-state index contributed by atoms with van der Waals surface area (Å²) in [5.41, 5.74) is 6.64. The normalized spacial score (nSPS) is 10.7. The number of nitrogens with two attached hydrogens (primary N) is 1. The minimum atomic E-state index is -0.429. The molecule has 6 heteroatoms. The molecular formula is C12H9FN4O. The van der Waals surface area contributed by atoms with Crippen molar-refractivity contribution in [3.63, 3.8) is 0 Å². The van der Waals surface area contributed by atoms with Gasteiger partial charge in [-0.2, -0.15) is 4.98 Å². The van der Waals surface area contributed by atoms with Crippen molar-refractivity contribution >= 4 is 17.1 Å². The van der Waals surface area contributed by atoms with Gasteiger partial charge in [0.15, 0.2) is 23.2 Å². The highest BCUT2D eigenvalue weighted by Gasteiger charge is 2.06. The number of fused-ring (bicyclic) bond motifs is 1. The zero-order valence-electron chi connectivity index (χ0n) is 9.22. The number of para-hydroxylation sites is 1. The van der Waals surface area contributed by atoms with Gasteiger partial charge in [-0.05, 0) is 12.1 Å². The molecule has 0 aliphatic carbocycles. The number of hydrogen-bond donors (Lipinski definition) is 2. The molecule has 0 aliphatic rings. The van der Waals surface area contributed by atoms with Crippen molar-refractivity contribution in [1.82, 2.24) is 15.0 Å². The van der Waals surface area contributed by atoms with Crippen LogP contribution in [0.25, 0.3) is 11.2 Å². The SMILES string of the molecule is Nc1nc2ncc(Oc3ccccc3F)cc2[nH]1. The molecule has 1 aromatic carbocycles. The van der Waals surface area contributed by atoms with Gasteiger partial charge in [0.1, 0.15) is 5.75 Å². The van der Waals surface area contributed by atoms with Gasteiger partial charge in [-0.3, -0.25) is 0 Å². The summed E-state index contributed by atoms with van der Waals surface area (Å²) in [6, 6.07) is 7.83. The Bertz CT molecular complexity index is 710. The van der Waals surface area contributed by atoms with Crippen molar-refractivity contribution < 1.29 is 9.13 Å². The Balaban J connectivity index is 1.97. The quantitative estimate of drug-likeness (QED) is 0.726. The van der Waals surface area contributed by atoms with E-state index in [1.54, 1.807) is 24.3 Å². The molecule has 0 unspecified atom stereocenters. The molecule has 0 bridgehead atoms. The Kier molecular flexibility index (Phi) is 2.33. The lowest BCUT2D eigenvalue weighted by molar-refractivity contribution is 0.441. The lowest BCUT2D eigenvalue weighted by atomic mass is 10.3. The largest absolute Gasteiger partial charge is 0.453 e. The number of hydrogen-bond acceptors (Lipinski definition) is 4. The summed E-state index contributed by atoms with van der Waals surface area (Å²) in [4.78, 5) is 10.8. The van der Waals surface area contributed by atoms with Crippen molar-refractivity contribution in [1.29, 1.82) is 0 Å². The summed E-state index contributed by atoms with van der Waals surface area (Å²) < 4.78 is 18.8. The number of benzene rings is 1. The average molecular weight is 244 g/mol. The van der Waals surface area contributed by atoms with Crippen LogP contribution < -0.4 is 10.5 Å². The highest BCUT2D eigenvalue weighted by atomic mass is 19.1. The Morgan fingerprint density at radius 3 is 2.94 bits per heavy atom. The predicted molar refractivity (Wildman–Crippen MR) is 64.8 cm³/mol. The summed E-state index contributed by atoms with van der Waals surface area (Å²) in [6.07, 6.45) is 1.47. The van der Waals surface area contributed by atoms with Gasteiger partial charge in [0.2, 0.25) is 0 Å². The van der Waals surface area contributed by atoms with E-state index in [1.165, 1.54) is 12.3 Å². The van der Waals surface area contributed by atoms with Gasteiger partial charge in [0.25, 0.3) is 0 Å². The third-order valence-electron chi connectivity index (χ3n) is 2.40. The molecular weight excluding hydrogens is 235 g/mol. The van der Waals surface area contributed by atoms with E-state index in [0.29, 0.717) is 16.9 Å². The average Bonchev–Trinajstić information content (AvgIpc) is 2.71. The maximum Gasteiger partial charge on any atom is 0.200 e. The Hall–Kier alpha value is -2.63. The van der Waals surface area contributed by atoms with Gasteiger partial charge < -0.3 is 15.5 Å². The molecule has 0 amide bonds. The predicted octanol–water partition coefficient (Wildman–Crippen LogP) is 2.47. The Morgan fingerprint density at radius 1 is 1.28 bits per heavy atom. The molecule has 3 aromatic rings. The van der Waals surface area contributed by atoms with Gasteiger partial charge in [-0.1, -0.05) is 12.1 Å². The molecule has 0 aliphatic heterocycles. The summed E-state index contributed by atoms with van der Waals surface area (Å²) in [5.74, 6) is 0.407. The summed E-state index contributed by atoms with van der Waals surface area (Å²) in [6.45, 7) is 0. The van der Waals surface area contributed by atoms with Crippen LogP contribution in [-0.4, -0.2) is 15.0 Å². The first-order chi connectivity index (χ1) is 8.72. The first-order valence-corrected chi connectivity index (χ1v) is 5.26. The van der Waals surface area contributed by atoms with E-state index in [0.717, 1.165) is 0 Å². The number of pyridine rings is 1. The minimum Gasteiger partial charge on any atom is -0.453 e. The second kappa shape index (κ2) is 3.99. The molecule has 0 radical (unpaired) electrons. The van der Waals surface area contributed by atoms with Crippen LogP contribution in [-0.2, 0) is 0 Å². The van der Waals surface area contributed by atoms with Crippen molar-refractivity contribution in [3.05, 3.63) is 42.3 Å². The van der Waals surface area contributed by atoms with Crippen molar-refractivity contribution in [2.45, 2.75) is 0 Å². The zero-order valence-corrected chi connectivity index (χ0v) is 9.22. The van der Waals surface area contributed by atoms with Crippen LogP contribution in [0.1, 0.15) is 0 Å². The number of H-pyrrole nitrogens is 1. The van der Waals surface area contributed by atoms with E-state index >= 15 is 0 Å². The van der Waals surface area contributed by atoms with Gasteiger partial charge in [0, 0.05) is 6.07 Å². The molecule has 2 heterocycles. The van der Waals surface area contributed by atoms with Gasteiger partial charge in [-0.15, -0.1) is 0 Å². The van der Waals surface area contributed by atoms with E-state index in [2.05, 4.69) is 15.0 Å². The van der Waals surface area contributed by atoms with Crippen LogP contribution in [0.5, 0.6) is 11.5 Å². The van der Waals surface area contributed by atoms with E-state index in [-0.39, 0.29) is 11.7 Å². The number of imidazole rings is 1. The lowest BCUT2D eigenvalue weighted by Crippen LogP contribution is -1.89. The number of nitrogens with zero attached hydrogens (tertiary/aromatic N) is 2. The first-order valence-electron chi connectivity index (χ1n) is 5.26. The molecule has 3 N–H and O–H groups in total. The lowest BCUT2D eigenvalue weighted by Gasteiger charge is -2.05. The van der Waals surface area contributed by atoms with E-state index in [1.807, 2.05) is 0 Å². The highest BCUT2D eigenvalue weighted by Crippen LogP contribution is 2.25. The second-order valence-electron chi connectivity index (χ2n) is 3.70. The number of nitrogen functional groups attached to an aromatic ring is 1. The molecule has 0 spiro atoms. The summed E-state index contributed by atoms with van der Waals surface area (Å²) in [7, 11) is 0. The third-order valence-corrected chi connectivity index (χ3v) is 2.40. The zero-order chi connectivity index (χ0) is 12.5. The van der Waals surface area contributed by atoms with E-state index < -0.39 is 5.82 Å². The number of rotatable bonds is 2. The van der Waals surface area contributed by atoms with Crippen LogP contribution in [0.3, 0.4) is 0 Å². The molecule has 5 nitrogen and oxygen atoms in total. The second-order valence-corrected chi connectivity index (χ2v) is 3.70. The van der Waals surface area contributed by atoms with Crippen LogP contribution in [0.2, 0.25) is 0 Å². The third kappa shape index (κ3) is 1.84. The fourth-order valence-corrected chi connectivity index (χ4v) is 1.61.